The molecule has 0 radical (unpaired) electrons. The number of hydrogen-bond acceptors (Lipinski definition) is 3. The van der Waals surface area contributed by atoms with Gasteiger partial charge in [-0.05, 0) is 64.7 Å². The molecule has 0 unspecified atom stereocenters. The van der Waals surface area contributed by atoms with Crippen LogP contribution in [0.5, 0.6) is 0 Å². The summed E-state index contributed by atoms with van der Waals surface area (Å²) in [5.41, 5.74) is 4.73. The number of fused-ring (bicyclic) bond motifs is 1. The number of carboxylic acids is 2. The Balaban J connectivity index is 2.12. The number of aromatic nitrogens is 1. The van der Waals surface area contributed by atoms with E-state index in [0.29, 0.717) is 29.5 Å². The standard InChI is InChI=1S/C27H23NO5/c1-3-17-18(4-2)22(27(32)33)14-13-20(17)23-19-7-5-6-8-21(19)25(29)28-24(23)15-9-11-16(12-10-15)26(30)31/h5-14H,3-4H2,1-2H3,(H,28,29)(H,30,31)(H,32,33). The van der Waals surface area contributed by atoms with E-state index >= 15 is 0 Å². The summed E-state index contributed by atoms with van der Waals surface area (Å²) in [6, 6.07) is 17.1. The molecule has 0 aliphatic rings. The van der Waals surface area contributed by atoms with E-state index in [-0.39, 0.29) is 16.7 Å². The third-order valence-corrected chi connectivity index (χ3v) is 5.99. The Hall–Kier alpha value is -4.19. The van der Waals surface area contributed by atoms with Gasteiger partial charge in [0.2, 0.25) is 0 Å². The molecule has 0 aliphatic heterocycles. The highest BCUT2D eigenvalue weighted by molar-refractivity contribution is 6.04. The molecule has 4 rings (SSSR count). The van der Waals surface area contributed by atoms with Gasteiger partial charge in [-0.3, -0.25) is 4.79 Å². The van der Waals surface area contributed by atoms with Crippen LogP contribution in [-0.2, 0) is 12.8 Å². The highest BCUT2D eigenvalue weighted by Crippen LogP contribution is 2.39. The summed E-state index contributed by atoms with van der Waals surface area (Å²) in [7, 11) is 0. The quantitative estimate of drug-likeness (QED) is 0.372. The number of aromatic amines is 1. The maximum atomic E-state index is 12.9. The van der Waals surface area contributed by atoms with Crippen LogP contribution in [0.3, 0.4) is 0 Å². The molecule has 0 fully saturated rings. The van der Waals surface area contributed by atoms with Gasteiger partial charge in [-0.2, -0.15) is 0 Å². The molecular weight excluding hydrogens is 418 g/mol. The van der Waals surface area contributed by atoms with Crippen LogP contribution in [0.2, 0.25) is 0 Å². The van der Waals surface area contributed by atoms with Crippen LogP contribution < -0.4 is 5.56 Å². The van der Waals surface area contributed by atoms with Crippen LogP contribution in [-0.4, -0.2) is 27.1 Å². The number of aromatic carboxylic acids is 2. The lowest BCUT2D eigenvalue weighted by Crippen LogP contribution is -2.11. The second-order valence-electron chi connectivity index (χ2n) is 7.76. The first-order chi connectivity index (χ1) is 15.9. The van der Waals surface area contributed by atoms with Crippen molar-refractivity contribution in [1.29, 1.82) is 0 Å². The third kappa shape index (κ3) is 3.80. The van der Waals surface area contributed by atoms with Gasteiger partial charge >= 0.3 is 11.9 Å². The summed E-state index contributed by atoms with van der Waals surface area (Å²) in [4.78, 5) is 39.0. The molecule has 4 aromatic rings. The lowest BCUT2D eigenvalue weighted by Gasteiger charge is -2.20. The Morgan fingerprint density at radius 1 is 0.788 bits per heavy atom. The van der Waals surface area contributed by atoms with Crippen molar-refractivity contribution in [1.82, 2.24) is 4.98 Å². The van der Waals surface area contributed by atoms with Crippen LogP contribution in [0, 0.1) is 0 Å². The molecule has 0 saturated heterocycles. The summed E-state index contributed by atoms with van der Waals surface area (Å²) in [6.07, 6.45) is 1.17. The number of carbonyl (C=O) groups is 2. The SMILES string of the molecule is CCc1c(C(=O)O)ccc(-c2c(-c3ccc(C(=O)O)cc3)[nH]c(=O)c3ccccc23)c1CC. The minimum absolute atomic E-state index is 0.150. The molecule has 1 heterocycles. The van der Waals surface area contributed by atoms with E-state index in [1.54, 1.807) is 36.4 Å². The van der Waals surface area contributed by atoms with Gasteiger partial charge in [-0.1, -0.05) is 50.2 Å². The maximum Gasteiger partial charge on any atom is 0.335 e. The first-order valence-corrected chi connectivity index (χ1v) is 10.7. The number of hydrogen-bond donors (Lipinski definition) is 3. The number of rotatable bonds is 6. The zero-order chi connectivity index (χ0) is 23.7. The molecule has 0 saturated carbocycles. The fraction of sp³-hybridized carbons (Fsp3) is 0.148. The first-order valence-electron chi connectivity index (χ1n) is 10.7. The van der Waals surface area contributed by atoms with Crippen LogP contribution in [0.25, 0.3) is 33.2 Å². The monoisotopic (exact) mass is 441 g/mol. The van der Waals surface area contributed by atoms with E-state index in [9.17, 15) is 24.6 Å². The molecule has 0 bridgehead atoms. The van der Waals surface area contributed by atoms with Crippen molar-refractivity contribution >= 4 is 22.7 Å². The molecule has 0 amide bonds. The highest BCUT2D eigenvalue weighted by Gasteiger charge is 2.21. The smallest absolute Gasteiger partial charge is 0.335 e. The predicted molar refractivity (Wildman–Crippen MR) is 128 cm³/mol. The molecule has 3 aromatic carbocycles. The predicted octanol–water partition coefficient (Wildman–Crippen LogP) is 5.38. The molecule has 33 heavy (non-hydrogen) atoms. The molecule has 0 aliphatic carbocycles. The van der Waals surface area contributed by atoms with Gasteiger partial charge in [0.05, 0.1) is 16.8 Å². The van der Waals surface area contributed by atoms with Crippen molar-refractivity contribution in [2.24, 2.45) is 0 Å². The van der Waals surface area contributed by atoms with Crippen LogP contribution in [0.15, 0.2) is 65.5 Å². The number of H-pyrrole nitrogens is 1. The normalized spacial score (nSPS) is 11.0. The van der Waals surface area contributed by atoms with Crippen molar-refractivity contribution in [3.8, 4) is 22.4 Å². The zero-order valence-electron chi connectivity index (χ0n) is 18.3. The molecule has 166 valence electrons. The fourth-order valence-electron chi connectivity index (χ4n) is 4.49. The molecule has 0 atom stereocenters. The van der Waals surface area contributed by atoms with Crippen LogP contribution >= 0.6 is 0 Å². The largest absolute Gasteiger partial charge is 0.478 e. The summed E-state index contributed by atoms with van der Waals surface area (Å²) in [5.74, 6) is -2.00. The van der Waals surface area contributed by atoms with Gasteiger partial charge < -0.3 is 15.2 Å². The van der Waals surface area contributed by atoms with Crippen LogP contribution in [0.4, 0.5) is 0 Å². The molecule has 0 spiro atoms. The third-order valence-electron chi connectivity index (χ3n) is 5.99. The fourth-order valence-corrected chi connectivity index (χ4v) is 4.49. The molecule has 1 aromatic heterocycles. The van der Waals surface area contributed by atoms with E-state index in [4.69, 9.17) is 0 Å². The molecule has 6 heteroatoms. The average molecular weight is 441 g/mol. The average Bonchev–Trinajstić information content (AvgIpc) is 2.83. The van der Waals surface area contributed by atoms with Gasteiger partial charge in [-0.15, -0.1) is 0 Å². The van der Waals surface area contributed by atoms with Crippen molar-refractivity contribution in [2.75, 3.05) is 0 Å². The summed E-state index contributed by atoms with van der Waals surface area (Å²) >= 11 is 0. The van der Waals surface area contributed by atoms with Gasteiger partial charge in [0.25, 0.3) is 5.56 Å². The van der Waals surface area contributed by atoms with Gasteiger partial charge in [0.15, 0.2) is 0 Å². The van der Waals surface area contributed by atoms with Gasteiger partial charge in [0.1, 0.15) is 0 Å². The van der Waals surface area contributed by atoms with Crippen molar-refractivity contribution in [2.45, 2.75) is 26.7 Å². The Labute approximate surface area is 190 Å². The second-order valence-corrected chi connectivity index (χ2v) is 7.76. The van der Waals surface area contributed by atoms with E-state index < -0.39 is 11.9 Å². The topological polar surface area (TPSA) is 107 Å². The molecular formula is C27H23NO5. The second kappa shape index (κ2) is 8.74. The molecule has 6 nitrogen and oxygen atoms in total. The van der Waals surface area contributed by atoms with Crippen molar-refractivity contribution in [3.05, 3.63) is 93.3 Å². The van der Waals surface area contributed by atoms with E-state index in [0.717, 1.165) is 27.6 Å². The minimum Gasteiger partial charge on any atom is -0.478 e. The van der Waals surface area contributed by atoms with E-state index in [1.165, 1.54) is 12.1 Å². The minimum atomic E-state index is -1.03. The lowest BCUT2D eigenvalue weighted by atomic mass is 9.85. The zero-order valence-corrected chi connectivity index (χ0v) is 18.3. The number of carboxylic acid groups (broad SMARTS) is 2. The van der Waals surface area contributed by atoms with Crippen molar-refractivity contribution in [3.63, 3.8) is 0 Å². The van der Waals surface area contributed by atoms with Crippen LogP contribution in [0.1, 0.15) is 45.7 Å². The first kappa shape index (κ1) is 22.0. The Kier molecular flexibility index (Phi) is 5.84. The van der Waals surface area contributed by atoms with E-state index in [1.807, 2.05) is 26.0 Å². The maximum absolute atomic E-state index is 12.9. The summed E-state index contributed by atoms with van der Waals surface area (Å²) < 4.78 is 0. The van der Waals surface area contributed by atoms with Crippen molar-refractivity contribution < 1.29 is 19.8 Å². The van der Waals surface area contributed by atoms with Gasteiger partial charge in [0, 0.05) is 10.9 Å². The Morgan fingerprint density at radius 2 is 1.42 bits per heavy atom. The van der Waals surface area contributed by atoms with Gasteiger partial charge in [-0.25, -0.2) is 9.59 Å². The summed E-state index contributed by atoms with van der Waals surface area (Å²) in [6.45, 7) is 3.92. The summed E-state index contributed by atoms with van der Waals surface area (Å²) in [5, 5.41) is 20.2. The van der Waals surface area contributed by atoms with E-state index in [2.05, 4.69) is 4.98 Å². The number of benzene rings is 3. The number of nitrogens with one attached hydrogen (secondary N) is 1. The molecule has 3 N–H and O–H groups in total. The Bertz CT molecular complexity index is 1450. The highest BCUT2D eigenvalue weighted by atomic mass is 16.4. The lowest BCUT2D eigenvalue weighted by molar-refractivity contribution is 0.0685. The Morgan fingerprint density at radius 3 is 2.00 bits per heavy atom. The number of pyridine rings is 1.